The van der Waals surface area contributed by atoms with Gasteiger partial charge >= 0.3 is 0 Å². The Labute approximate surface area is 164 Å². The fourth-order valence-corrected chi connectivity index (χ4v) is 3.62. The van der Waals surface area contributed by atoms with Gasteiger partial charge in [-0.25, -0.2) is 4.68 Å². The molecular weight excluding hydrogens is 354 g/mol. The number of carbonyl (C=O) groups excluding carboxylic acids is 1. The van der Waals surface area contributed by atoms with Gasteiger partial charge in [0.15, 0.2) is 0 Å². The molecule has 1 aliphatic rings. The first kappa shape index (κ1) is 18.4. The van der Waals surface area contributed by atoms with E-state index in [1.807, 2.05) is 40.9 Å². The van der Waals surface area contributed by atoms with Gasteiger partial charge in [0.2, 0.25) is 0 Å². The summed E-state index contributed by atoms with van der Waals surface area (Å²) in [5.74, 6) is -0.0126. The normalized spacial score (nSPS) is 17.8. The highest BCUT2D eigenvalue weighted by Gasteiger charge is 2.28. The van der Waals surface area contributed by atoms with Crippen LogP contribution in [0.4, 0.5) is 0 Å². The number of nitrogens with one attached hydrogen (secondary N) is 1. The molecule has 1 atom stereocenters. The maximum atomic E-state index is 12.6. The number of hydrogen-bond donors (Lipinski definition) is 1. The number of rotatable bonds is 4. The molecule has 3 aromatic rings. The van der Waals surface area contributed by atoms with E-state index < -0.39 is 0 Å². The monoisotopic (exact) mass is 379 g/mol. The fourth-order valence-electron chi connectivity index (χ4n) is 3.62. The van der Waals surface area contributed by atoms with E-state index in [2.05, 4.69) is 45.3 Å². The summed E-state index contributed by atoms with van der Waals surface area (Å²) in [6.07, 6.45) is 1.99. The topological polar surface area (TPSA) is 82.9 Å². The fraction of sp³-hybridized carbons (Fsp3) is 0.400. The Morgan fingerprint density at radius 1 is 1.25 bits per heavy atom. The summed E-state index contributed by atoms with van der Waals surface area (Å²) in [5.41, 5.74) is 4.51. The molecule has 1 aromatic carbocycles. The lowest BCUT2D eigenvalue weighted by atomic mass is 10.1. The number of hydrogen-bond acceptors (Lipinski definition) is 5. The van der Waals surface area contributed by atoms with Gasteiger partial charge in [0.25, 0.3) is 5.91 Å². The van der Waals surface area contributed by atoms with Crippen LogP contribution in [-0.4, -0.2) is 66.6 Å². The van der Waals surface area contributed by atoms with E-state index in [1.54, 1.807) is 6.07 Å². The van der Waals surface area contributed by atoms with E-state index in [0.29, 0.717) is 18.8 Å². The maximum absolute atomic E-state index is 12.6. The first-order valence-electron chi connectivity index (χ1n) is 9.54. The van der Waals surface area contributed by atoms with Gasteiger partial charge < -0.3 is 4.90 Å². The molecule has 8 heteroatoms. The van der Waals surface area contributed by atoms with Crippen LogP contribution in [0.2, 0.25) is 0 Å². The summed E-state index contributed by atoms with van der Waals surface area (Å²) in [5, 5.41) is 15.6. The largest absolute Gasteiger partial charge is 0.334 e. The van der Waals surface area contributed by atoms with Crippen LogP contribution < -0.4 is 0 Å². The SMILES string of the molecule is Cc1cc(C(=O)N2CCN(Cc3cn(-c4ccccc4C)nn3)[C@H](C)C2)n[nH]1. The smallest absolute Gasteiger partial charge is 0.274 e. The van der Waals surface area contributed by atoms with Gasteiger partial charge in [-0.1, -0.05) is 23.4 Å². The molecule has 2 aromatic heterocycles. The van der Waals surface area contributed by atoms with Crippen molar-refractivity contribution in [2.24, 2.45) is 0 Å². The molecule has 1 amide bonds. The Morgan fingerprint density at radius 3 is 2.79 bits per heavy atom. The lowest BCUT2D eigenvalue weighted by Crippen LogP contribution is -2.53. The van der Waals surface area contributed by atoms with Crippen molar-refractivity contribution in [2.75, 3.05) is 19.6 Å². The Morgan fingerprint density at radius 2 is 2.07 bits per heavy atom. The number of aryl methyl sites for hydroxylation is 2. The number of carbonyl (C=O) groups is 1. The van der Waals surface area contributed by atoms with Crippen LogP contribution in [0.15, 0.2) is 36.5 Å². The summed E-state index contributed by atoms with van der Waals surface area (Å²) in [4.78, 5) is 16.8. The molecule has 1 fully saturated rings. The molecule has 0 saturated carbocycles. The zero-order valence-electron chi connectivity index (χ0n) is 16.5. The van der Waals surface area contributed by atoms with Gasteiger partial charge in [-0.15, -0.1) is 5.10 Å². The predicted molar refractivity (Wildman–Crippen MR) is 105 cm³/mol. The quantitative estimate of drug-likeness (QED) is 0.749. The third kappa shape index (κ3) is 3.68. The Hall–Kier alpha value is -3.00. The number of amides is 1. The number of aromatic nitrogens is 5. The molecule has 28 heavy (non-hydrogen) atoms. The molecule has 146 valence electrons. The lowest BCUT2D eigenvalue weighted by molar-refractivity contribution is 0.0487. The van der Waals surface area contributed by atoms with Crippen molar-refractivity contribution < 1.29 is 4.79 Å². The van der Waals surface area contributed by atoms with E-state index in [4.69, 9.17) is 0 Å². The van der Waals surface area contributed by atoms with Crippen molar-refractivity contribution in [3.8, 4) is 5.69 Å². The first-order valence-corrected chi connectivity index (χ1v) is 9.54. The Bertz CT molecular complexity index is 976. The van der Waals surface area contributed by atoms with Gasteiger partial charge in [-0.2, -0.15) is 5.10 Å². The molecule has 1 aliphatic heterocycles. The van der Waals surface area contributed by atoms with E-state index in [-0.39, 0.29) is 11.9 Å². The molecular formula is C20H25N7O. The standard InChI is InChI=1S/C20H25N7O/c1-14-6-4-5-7-19(14)27-13-17(22-24-27)12-25-8-9-26(11-16(25)3)20(28)18-10-15(2)21-23-18/h4-7,10,13,16H,8-9,11-12H2,1-3H3,(H,21,23)/t16-/m1/s1. The van der Waals surface area contributed by atoms with Crippen LogP contribution in [0.1, 0.15) is 34.4 Å². The third-order valence-electron chi connectivity index (χ3n) is 5.25. The number of piperazine rings is 1. The van der Waals surface area contributed by atoms with Crippen molar-refractivity contribution in [1.82, 2.24) is 35.0 Å². The average Bonchev–Trinajstić information content (AvgIpc) is 3.32. The maximum Gasteiger partial charge on any atom is 0.274 e. The number of para-hydroxylation sites is 1. The summed E-state index contributed by atoms with van der Waals surface area (Å²) in [6.45, 7) is 8.98. The second kappa shape index (κ2) is 7.55. The highest BCUT2D eigenvalue weighted by atomic mass is 16.2. The van der Waals surface area contributed by atoms with Crippen molar-refractivity contribution in [3.05, 3.63) is 59.2 Å². The summed E-state index contributed by atoms with van der Waals surface area (Å²) in [7, 11) is 0. The van der Waals surface area contributed by atoms with Crippen molar-refractivity contribution in [2.45, 2.75) is 33.4 Å². The second-order valence-electron chi connectivity index (χ2n) is 7.45. The zero-order chi connectivity index (χ0) is 19.7. The van der Waals surface area contributed by atoms with E-state index in [9.17, 15) is 4.79 Å². The first-order chi connectivity index (χ1) is 13.5. The van der Waals surface area contributed by atoms with Gasteiger partial charge in [0, 0.05) is 37.9 Å². The van der Waals surface area contributed by atoms with Crippen LogP contribution in [0.25, 0.3) is 5.69 Å². The number of benzene rings is 1. The summed E-state index contributed by atoms with van der Waals surface area (Å²) in [6, 6.07) is 10.2. The minimum atomic E-state index is -0.0126. The molecule has 0 radical (unpaired) electrons. The third-order valence-corrected chi connectivity index (χ3v) is 5.25. The van der Waals surface area contributed by atoms with Crippen LogP contribution in [0.3, 0.4) is 0 Å². The molecule has 1 saturated heterocycles. The molecule has 4 rings (SSSR count). The predicted octanol–water partition coefficient (Wildman–Crippen LogP) is 1.95. The molecule has 0 spiro atoms. The summed E-state index contributed by atoms with van der Waals surface area (Å²) >= 11 is 0. The van der Waals surface area contributed by atoms with Gasteiger partial charge in [-0.05, 0) is 38.5 Å². The molecule has 1 N–H and O–H groups in total. The van der Waals surface area contributed by atoms with Crippen LogP contribution >= 0.6 is 0 Å². The number of H-pyrrole nitrogens is 1. The van der Waals surface area contributed by atoms with Crippen LogP contribution in [0, 0.1) is 13.8 Å². The zero-order valence-corrected chi connectivity index (χ0v) is 16.5. The minimum absolute atomic E-state index is 0.0126. The van der Waals surface area contributed by atoms with Crippen LogP contribution in [-0.2, 0) is 6.54 Å². The van der Waals surface area contributed by atoms with Crippen molar-refractivity contribution in [1.29, 1.82) is 0 Å². The van der Waals surface area contributed by atoms with Crippen LogP contribution in [0.5, 0.6) is 0 Å². The van der Waals surface area contributed by atoms with E-state index in [1.165, 1.54) is 0 Å². The Kier molecular flexibility index (Phi) is 4.95. The van der Waals surface area contributed by atoms with E-state index in [0.717, 1.165) is 35.7 Å². The average molecular weight is 379 g/mol. The molecule has 0 bridgehead atoms. The van der Waals surface area contributed by atoms with Gasteiger partial charge in [0.1, 0.15) is 5.69 Å². The van der Waals surface area contributed by atoms with Crippen molar-refractivity contribution in [3.63, 3.8) is 0 Å². The molecule has 0 unspecified atom stereocenters. The highest BCUT2D eigenvalue weighted by Crippen LogP contribution is 2.17. The second-order valence-corrected chi connectivity index (χ2v) is 7.45. The van der Waals surface area contributed by atoms with Gasteiger partial charge in [-0.3, -0.25) is 14.8 Å². The number of aromatic amines is 1. The summed E-state index contributed by atoms with van der Waals surface area (Å²) < 4.78 is 1.83. The molecule has 3 heterocycles. The highest BCUT2D eigenvalue weighted by molar-refractivity contribution is 5.92. The molecule has 8 nitrogen and oxygen atoms in total. The lowest BCUT2D eigenvalue weighted by Gasteiger charge is -2.39. The number of nitrogens with zero attached hydrogens (tertiary/aromatic N) is 6. The van der Waals surface area contributed by atoms with Gasteiger partial charge in [0.05, 0.1) is 17.6 Å². The minimum Gasteiger partial charge on any atom is -0.334 e. The molecule has 0 aliphatic carbocycles. The van der Waals surface area contributed by atoms with E-state index >= 15 is 0 Å². The van der Waals surface area contributed by atoms with Crippen molar-refractivity contribution >= 4 is 5.91 Å². The Balaban J connectivity index is 1.39.